The van der Waals surface area contributed by atoms with Crippen molar-refractivity contribution in [1.29, 1.82) is 0 Å². The molecule has 0 spiro atoms. The molecular weight excluding hydrogens is 200 g/mol. The topological polar surface area (TPSA) is 23.6 Å². The number of nitrogens with zero attached hydrogens (tertiary/aromatic N) is 2. The van der Waals surface area contributed by atoms with Gasteiger partial charge in [-0.2, -0.15) is 0 Å². The van der Waals surface area contributed by atoms with Crippen LogP contribution in [0.15, 0.2) is 30.3 Å². The lowest BCUT2D eigenvalue weighted by molar-refractivity contribution is 0.276. The molecule has 0 unspecified atom stereocenters. The van der Waals surface area contributed by atoms with Crippen LogP contribution < -0.4 is 0 Å². The monoisotopic (exact) mass is 217 g/mol. The van der Waals surface area contributed by atoms with Crippen LogP contribution in [0.1, 0.15) is 12.0 Å². The van der Waals surface area contributed by atoms with Crippen LogP contribution in [0, 0.1) is 0 Å². The van der Waals surface area contributed by atoms with Crippen LogP contribution in [-0.2, 0) is 11.3 Å². The van der Waals surface area contributed by atoms with Gasteiger partial charge in [0.1, 0.15) is 0 Å². The molecule has 1 heterocycles. The Balaban J connectivity index is 1.89. The predicted octanol–water partition coefficient (Wildman–Crippen LogP) is 1.26. The summed E-state index contributed by atoms with van der Waals surface area (Å²) in [6.45, 7) is 4.63. The minimum atomic E-state index is 0.802. The van der Waals surface area contributed by atoms with Gasteiger partial charge in [-0.3, -0.25) is 9.69 Å². The molecule has 1 aliphatic heterocycles. The number of carbonyl (C=O) groups excluding carboxylic acids is 1. The van der Waals surface area contributed by atoms with Crippen molar-refractivity contribution >= 4 is 6.41 Å². The van der Waals surface area contributed by atoms with Gasteiger partial charge in [0.15, 0.2) is 0 Å². The first-order valence-corrected chi connectivity index (χ1v) is 5.77. The molecule has 0 aliphatic carbocycles. The molecular formula is C13H17N2O. The second-order valence-electron chi connectivity index (χ2n) is 4.19. The third-order valence-electron chi connectivity index (χ3n) is 2.97. The molecule has 3 nitrogen and oxygen atoms in total. The van der Waals surface area contributed by atoms with Crippen molar-refractivity contribution in [3.05, 3.63) is 35.9 Å². The van der Waals surface area contributed by atoms with Crippen LogP contribution >= 0.6 is 0 Å². The van der Waals surface area contributed by atoms with Crippen LogP contribution in [0.2, 0.25) is 0 Å². The molecule has 16 heavy (non-hydrogen) atoms. The maximum Gasteiger partial charge on any atom is 0.312 e. The molecule has 0 bridgehead atoms. The molecule has 85 valence electrons. The summed E-state index contributed by atoms with van der Waals surface area (Å²) in [4.78, 5) is 14.7. The molecule has 1 saturated heterocycles. The average Bonchev–Trinajstić information content (AvgIpc) is 2.56. The molecule has 1 radical (unpaired) electrons. The molecule has 0 aromatic heterocycles. The minimum absolute atomic E-state index is 0.802. The highest BCUT2D eigenvalue weighted by Gasteiger charge is 2.13. The summed E-state index contributed by atoms with van der Waals surface area (Å²) in [5.74, 6) is 0. The zero-order chi connectivity index (χ0) is 11.2. The van der Waals surface area contributed by atoms with E-state index in [1.165, 1.54) is 5.56 Å². The highest BCUT2D eigenvalue weighted by atomic mass is 16.1. The van der Waals surface area contributed by atoms with E-state index in [1.807, 2.05) is 12.5 Å². The van der Waals surface area contributed by atoms with E-state index in [1.54, 1.807) is 4.90 Å². The summed E-state index contributed by atoms with van der Waals surface area (Å²) in [6.07, 6.45) is 3.03. The smallest absolute Gasteiger partial charge is 0.312 e. The normalized spacial score (nSPS) is 18.1. The molecule has 1 fully saturated rings. The first-order valence-electron chi connectivity index (χ1n) is 5.77. The van der Waals surface area contributed by atoms with E-state index in [4.69, 9.17) is 0 Å². The van der Waals surface area contributed by atoms with E-state index in [9.17, 15) is 4.79 Å². The second-order valence-corrected chi connectivity index (χ2v) is 4.19. The number of rotatable bonds is 3. The zero-order valence-electron chi connectivity index (χ0n) is 9.43. The summed E-state index contributed by atoms with van der Waals surface area (Å²) in [6, 6.07) is 10.5. The molecule has 1 amide bonds. The van der Waals surface area contributed by atoms with Gasteiger partial charge in [0.2, 0.25) is 0 Å². The summed E-state index contributed by atoms with van der Waals surface area (Å²) in [5.41, 5.74) is 1.34. The van der Waals surface area contributed by atoms with Crippen molar-refractivity contribution in [2.24, 2.45) is 0 Å². The quantitative estimate of drug-likeness (QED) is 0.761. The Morgan fingerprint density at radius 1 is 1.06 bits per heavy atom. The molecule has 0 atom stereocenters. The van der Waals surface area contributed by atoms with Crippen molar-refractivity contribution in [3.8, 4) is 0 Å². The summed E-state index contributed by atoms with van der Waals surface area (Å²) < 4.78 is 0. The van der Waals surface area contributed by atoms with Gasteiger partial charge in [-0.05, 0) is 12.0 Å². The van der Waals surface area contributed by atoms with E-state index < -0.39 is 0 Å². The fourth-order valence-corrected chi connectivity index (χ4v) is 2.06. The molecule has 1 aromatic rings. The third kappa shape index (κ3) is 3.07. The van der Waals surface area contributed by atoms with Crippen LogP contribution in [0.4, 0.5) is 0 Å². The summed E-state index contributed by atoms with van der Waals surface area (Å²) >= 11 is 0. The Kier molecular flexibility index (Phi) is 3.94. The summed E-state index contributed by atoms with van der Waals surface area (Å²) in [7, 11) is 0. The third-order valence-corrected chi connectivity index (χ3v) is 2.97. The van der Waals surface area contributed by atoms with E-state index in [-0.39, 0.29) is 0 Å². The van der Waals surface area contributed by atoms with Crippen molar-refractivity contribution in [3.63, 3.8) is 0 Å². The van der Waals surface area contributed by atoms with Crippen LogP contribution in [0.3, 0.4) is 0 Å². The Hall–Kier alpha value is -1.35. The van der Waals surface area contributed by atoms with Crippen LogP contribution in [-0.4, -0.2) is 42.4 Å². The van der Waals surface area contributed by atoms with Crippen molar-refractivity contribution in [2.45, 2.75) is 13.0 Å². The van der Waals surface area contributed by atoms with Gasteiger partial charge in [-0.15, -0.1) is 0 Å². The molecule has 2 rings (SSSR count). The summed E-state index contributed by atoms with van der Waals surface area (Å²) in [5, 5.41) is 0. The molecule has 0 saturated carbocycles. The largest absolute Gasteiger partial charge is 0.333 e. The first kappa shape index (κ1) is 11.1. The van der Waals surface area contributed by atoms with Gasteiger partial charge in [-0.25, -0.2) is 0 Å². The zero-order valence-corrected chi connectivity index (χ0v) is 9.43. The number of benzene rings is 1. The first-order chi connectivity index (χ1) is 7.88. The Morgan fingerprint density at radius 2 is 1.88 bits per heavy atom. The Bertz CT molecular complexity index is 326. The van der Waals surface area contributed by atoms with Gasteiger partial charge in [0, 0.05) is 32.7 Å². The van der Waals surface area contributed by atoms with E-state index in [2.05, 4.69) is 29.2 Å². The van der Waals surface area contributed by atoms with E-state index in [0.29, 0.717) is 0 Å². The van der Waals surface area contributed by atoms with E-state index in [0.717, 1.165) is 39.1 Å². The minimum Gasteiger partial charge on any atom is -0.333 e. The maximum atomic E-state index is 10.6. The maximum absolute atomic E-state index is 10.6. The SMILES string of the molecule is O=[C]N1CCCN(Cc2ccccc2)CC1. The number of hydrogen-bond acceptors (Lipinski definition) is 2. The Morgan fingerprint density at radius 3 is 2.62 bits per heavy atom. The van der Waals surface area contributed by atoms with Gasteiger partial charge in [-0.1, -0.05) is 30.3 Å². The highest BCUT2D eigenvalue weighted by molar-refractivity contribution is 5.48. The fraction of sp³-hybridized carbons (Fsp3) is 0.462. The van der Waals surface area contributed by atoms with Gasteiger partial charge in [0.25, 0.3) is 0 Å². The van der Waals surface area contributed by atoms with Crippen LogP contribution in [0.5, 0.6) is 0 Å². The number of amides is 1. The van der Waals surface area contributed by atoms with Crippen molar-refractivity contribution < 1.29 is 4.79 Å². The standard InChI is InChI=1S/C13H17N2O/c16-12-15-8-4-7-14(9-10-15)11-13-5-2-1-3-6-13/h1-3,5-6H,4,7-11H2. The molecule has 0 N–H and O–H groups in total. The van der Waals surface area contributed by atoms with Crippen molar-refractivity contribution in [2.75, 3.05) is 26.2 Å². The molecule has 1 aliphatic rings. The lowest BCUT2D eigenvalue weighted by atomic mass is 10.2. The van der Waals surface area contributed by atoms with Gasteiger partial charge >= 0.3 is 6.41 Å². The second kappa shape index (κ2) is 5.66. The molecule has 3 heteroatoms. The lowest BCUT2D eigenvalue weighted by Gasteiger charge is -2.19. The predicted molar refractivity (Wildman–Crippen MR) is 63.6 cm³/mol. The van der Waals surface area contributed by atoms with Crippen LogP contribution in [0.25, 0.3) is 0 Å². The highest BCUT2D eigenvalue weighted by Crippen LogP contribution is 2.07. The molecule has 1 aromatic carbocycles. The van der Waals surface area contributed by atoms with E-state index >= 15 is 0 Å². The fourth-order valence-electron chi connectivity index (χ4n) is 2.06. The lowest BCUT2D eigenvalue weighted by Crippen LogP contribution is -2.29. The van der Waals surface area contributed by atoms with Crippen molar-refractivity contribution in [1.82, 2.24) is 9.80 Å². The average molecular weight is 217 g/mol. The Labute approximate surface area is 96.7 Å². The van der Waals surface area contributed by atoms with Gasteiger partial charge in [0.05, 0.1) is 0 Å². The van der Waals surface area contributed by atoms with Gasteiger partial charge < -0.3 is 4.90 Å². The number of hydrogen-bond donors (Lipinski definition) is 0.